The summed E-state index contributed by atoms with van der Waals surface area (Å²) in [7, 11) is -3.02. The first-order chi connectivity index (χ1) is 10.1. The number of rotatable bonds is 14. The molecule has 0 aromatic heterocycles. The van der Waals surface area contributed by atoms with Gasteiger partial charge in [0.05, 0.1) is 12.8 Å². The first kappa shape index (κ1) is 20.7. The van der Waals surface area contributed by atoms with Gasteiger partial charge in [-0.3, -0.25) is 9.09 Å². The largest absolute Gasteiger partial charge is 0.331 e. The monoisotopic (exact) mass is 316 g/mol. The predicted octanol–water partition coefficient (Wildman–Crippen LogP) is 5.79. The first-order valence-electron chi connectivity index (χ1n) is 8.46. The van der Waals surface area contributed by atoms with E-state index in [2.05, 4.69) is 19.8 Å². The van der Waals surface area contributed by atoms with E-state index in [9.17, 15) is 4.57 Å². The fourth-order valence-electron chi connectivity index (χ4n) is 2.03. The molecule has 0 aliphatic heterocycles. The summed E-state index contributed by atoms with van der Waals surface area (Å²) in [5.41, 5.74) is 0. The van der Waals surface area contributed by atoms with E-state index >= 15 is 0 Å². The van der Waals surface area contributed by atoms with Crippen molar-refractivity contribution in [1.82, 2.24) is 0 Å². The summed E-state index contributed by atoms with van der Waals surface area (Å²) in [4.78, 5) is 0. The van der Waals surface area contributed by atoms with E-state index in [0.29, 0.717) is 12.8 Å². The molecule has 0 saturated carbocycles. The fourth-order valence-corrected chi connectivity index (χ4v) is 3.98. The summed E-state index contributed by atoms with van der Waals surface area (Å²) in [6.07, 6.45) is 15.6. The SMILES string of the molecule is C#CC(C)OP(=O)(CCCC)OCCCCCCCCC. The van der Waals surface area contributed by atoms with Crippen molar-refractivity contribution in [3.8, 4) is 12.3 Å². The van der Waals surface area contributed by atoms with Crippen LogP contribution in [0.25, 0.3) is 0 Å². The van der Waals surface area contributed by atoms with E-state index in [1.807, 2.05) is 0 Å². The van der Waals surface area contributed by atoms with E-state index in [4.69, 9.17) is 15.5 Å². The van der Waals surface area contributed by atoms with Crippen LogP contribution in [0.3, 0.4) is 0 Å². The van der Waals surface area contributed by atoms with Gasteiger partial charge in [0.15, 0.2) is 0 Å². The molecule has 4 heteroatoms. The lowest BCUT2D eigenvalue weighted by atomic mass is 10.1. The van der Waals surface area contributed by atoms with Gasteiger partial charge < -0.3 is 4.52 Å². The van der Waals surface area contributed by atoms with Crippen molar-refractivity contribution in [2.75, 3.05) is 12.8 Å². The normalized spacial score (nSPS) is 15.3. The van der Waals surface area contributed by atoms with Crippen LogP contribution in [-0.2, 0) is 13.6 Å². The molecule has 0 aliphatic rings. The van der Waals surface area contributed by atoms with Gasteiger partial charge in [0.1, 0.15) is 6.10 Å². The van der Waals surface area contributed by atoms with E-state index in [-0.39, 0.29) is 0 Å². The average molecular weight is 316 g/mol. The maximum Gasteiger partial charge on any atom is 0.331 e. The van der Waals surface area contributed by atoms with Gasteiger partial charge in [-0.15, -0.1) is 6.42 Å². The molecule has 0 aromatic carbocycles. The number of hydrogen-bond acceptors (Lipinski definition) is 3. The molecule has 3 nitrogen and oxygen atoms in total. The van der Waals surface area contributed by atoms with Crippen molar-refractivity contribution in [2.24, 2.45) is 0 Å². The highest BCUT2D eigenvalue weighted by molar-refractivity contribution is 7.53. The lowest BCUT2D eigenvalue weighted by Crippen LogP contribution is -2.08. The van der Waals surface area contributed by atoms with Crippen LogP contribution in [0, 0.1) is 12.3 Å². The summed E-state index contributed by atoms with van der Waals surface area (Å²) in [6.45, 7) is 6.52. The Morgan fingerprint density at radius 3 is 2.14 bits per heavy atom. The van der Waals surface area contributed by atoms with Crippen LogP contribution in [0.15, 0.2) is 0 Å². The van der Waals surface area contributed by atoms with Gasteiger partial charge in [0, 0.05) is 0 Å². The average Bonchev–Trinajstić information content (AvgIpc) is 2.48. The highest BCUT2D eigenvalue weighted by atomic mass is 31.2. The molecule has 0 radical (unpaired) electrons. The molecular formula is C17H33O3P. The maximum absolute atomic E-state index is 12.6. The second kappa shape index (κ2) is 13.4. The van der Waals surface area contributed by atoms with E-state index in [0.717, 1.165) is 25.7 Å². The fraction of sp³-hybridized carbons (Fsp3) is 0.882. The van der Waals surface area contributed by atoms with Crippen LogP contribution in [-0.4, -0.2) is 18.9 Å². The molecule has 0 heterocycles. The molecule has 0 fully saturated rings. The third-order valence-corrected chi connectivity index (χ3v) is 5.45. The Bertz CT molecular complexity index is 322. The quantitative estimate of drug-likeness (QED) is 0.231. The molecule has 0 spiro atoms. The zero-order valence-corrected chi connectivity index (χ0v) is 15.0. The van der Waals surface area contributed by atoms with Crippen molar-refractivity contribution in [2.45, 2.75) is 84.7 Å². The Morgan fingerprint density at radius 2 is 1.57 bits per heavy atom. The summed E-state index contributed by atoms with van der Waals surface area (Å²) >= 11 is 0. The minimum atomic E-state index is -3.02. The third kappa shape index (κ3) is 12.0. The second-order valence-corrected chi connectivity index (χ2v) is 7.69. The Kier molecular flexibility index (Phi) is 13.2. The molecule has 0 rings (SSSR count). The smallest absolute Gasteiger partial charge is 0.309 e. The van der Waals surface area contributed by atoms with Gasteiger partial charge >= 0.3 is 7.60 Å². The minimum Gasteiger partial charge on any atom is -0.309 e. The van der Waals surface area contributed by atoms with Crippen LogP contribution < -0.4 is 0 Å². The maximum atomic E-state index is 12.6. The Balaban J connectivity index is 3.91. The van der Waals surface area contributed by atoms with Crippen molar-refractivity contribution < 1.29 is 13.6 Å². The minimum absolute atomic E-state index is 0.457. The summed E-state index contributed by atoms with van der Waals surface area (Å²) in [5.74, 6) is 2.45. The third-order valence-electron chi connectivity index (χ3n) is 3.37. The van der Waals surface area contributed by atoms with Crippen molar-refractivity contribution >= 4 is 7.60 Å². The lowest BCUT2D eigenvalue weighted by molar-refractivity contribution is 0.183. The van der Waals surface area contributed by atoms with Crippen molar-refractivity contribution in [3.63, 3.8) is 0 Å². The summed E-state index contributed by atoms with van der Waals surface area (Å²) in [6, 6.07) is 0. The van der Waals surface area contributed by atoms with Gasteiger partial charge in [-0.25, -0.2) is 0 Å². The Labute approximate surface area is 131 Å². The molecular weight excluding hydrogens is 283 g/mol. The molecule has 124 valence electrons. The van der Waals surface area contributed by atoms with Crippen molar-refractivity contribution in [3.05, 3.63) is 0 Å². The van der Waals surface area contributed by atoms with Gasteiger partial charge in [0.2, 0.25) is 0 Å². The zero-order valence-electron chi connectivity index (χ0n) is 14.1. The zero-order chi connectivity index (χ0) is 16.0. The molecule has 2 atom stereocenters. The molecule has 0 saturated heterocycles. The van der Waals surface area contributed by atoms with Gasteiger partial charge in [0.25, 0.3) is 0 Å². The molecule has 0 aliphatic carbocycles. The molecule has 21 heavy (non-hydrogen) atoms. The Morgan fingerprint density at radius 1 is 1.00 bits per heavy atom. The van der Waals surface area contributed by atoms with Gasteiger partial charge in [-0.1, -0.05) is 64.7 Å². The van der Waals surface area contributed by atoms with Crippen LogP contribution >= 0.6 is 7.60 Å². The number of unbranched alkanes of at least 4 members (excludes halogenated alkanes) is 7. The Hall–Kier alpha value is -0.290. The van der Waals surface area contributed by atoms with Gasteiger partial charge in [-0.05, 0) is 19.8 Å². The number of hydrogen-bond donors (Lipinski definition) is 0. The standard InChI is InChI=1S/C17H33O3P/c1-5-8-10-11-12-13-14-15-19-21(18,16-9-6-2)20-17(4)7-3/h3,17H,5-6,8-16H2,1-2,4H3. The lowest BCUT2D eigenvalue weighted by Gasteiger charge is -2.20. The van der Waals surface area contributed by atoms with Crippen LogP contribution in [0.1, 0.15) is 78.6 Å². The van der Waals surface area contributed by atoms with Crippen molar-refractivity contribution in [1.29, 1.82) is 0 Å². The first-order valence-corrected chi connectivity index (χ1v) is 10.2. The van der Waals surface area contributed by atoms with E-state index < -0.39 is 13.7 Å². The van der Waals surface area contributed by atoms with Gasteiger partial charge in [-0.2, -0.15) is 0 Å². The highest BCUT2D eigenvalue weighted by Crippen LogP contribution is 2.50. The molecule has 0 bridgehead atoms. The predicted molar refractivity (Wildman–Crippen MR) is 90.7 cm³/mol. The topological polar surface area (TPSA) is 35.5 Å². The molecule has 0 N–H and O–H groups in total. The summed E-state index contributed by atoms with van der Waals surface area (Å²) < 4.78 is 23.6. The number of terminal acetylenes is 1. The van der Waals surface area contributed by atoms with Crippen LogP contribution in [0.2, 0.25) is 0 Å². The molecule has 2 unspecified atom stereocenters. The van der Waals surface area contributed by atoms with Crippen LogP contribution in [0.5, 0.6) is 0 Å². The van der Waals surface area contributed by atoms with E-state index in [1.54, 1.807) is 6.92 Å². The van der Waals surface area contributed by atoms with E-state index in [1.165, 1.54) is 32.1 Å². The van der Waals surface area contributed by atoms with Crippen LogP contribution in [0.4, 0.5) is 0 Å². The molecule has 0 aromatic rings. The highest BCUT2D eigenvalue weighted by Gasteiger charge is 2.25. The second-order valence-electron chi connectivity index (χ2n) is 5.56. The molecule has 0 amide bonds. The summed E-state index contributed by atoms with van der Waals surface area (Å²) in [5, 5.41) is 0.